The van der Waals surface area contributed by atoms with Gasteiger partial charge in [0.15, 0.2) is 0 Å². The SMILES string of the molecule is IN1CC2(CNCCO2)C1. The van der Waals surface area contributed by atoms with Gasteiger partial charge in [0.25, 0.3) is 0 Å². The second-order valence-corrected chi connectivity index (χ2v) is 4.35. The molecule has 2 saturated heterocycles. The van der Waals surface area contributed by atoms with Crippen molar-refractivity contribution in [3.8, 4) is 0 Å². The molecule has 2 fully saturated rings. The van der Waals surface area contributed by atoms with Crippen LogP contribution in [0.4, 0.5) is 0 Å². The van der Waals surface area contributed by atoms with Crippen molar-refractivity contribution in [2.45, 2.75) is 5.60 Å². The Balaban J connectivity index is 1.90. The van der Waals surface area contributed by atoms with E-state index in [0.29, 0.717) is 0 Å². The van der Waals surface area contributed by atoms with E-state index in [9.17, 15) is 0 Å². The summed E-state index contributed by atoms with van der Waals surface area (Å²) in [5, 5.41) is 3.34. The lowest BCUT2D eigenvalue weighted by Gasteiger charge is -2.48. The van der Waals surface area contributed by atoms with E-state index in [-0.39, 0.29) is 5.60 Å². The maximum Gasteiger partial charge on any atom is 0.107 e. The average molecular weight is 254 g/mol. The van der Waals surface area contributed by atoms with Crippen LogP contribution in [0.5, 0.6) is 0 Å². The summed E-state index contributed by atoms with van der Waals surface area (Å²) >= 11 is 2.33. The van der Waals surface area contributed by atoms with Crippen molar-refractivity contribution in [3.05, 3.63) is 0 Å². The Bertz CT molecular complexity index is 120. The zero-order valence-electron chi connectivity index (χ0n) is 5.77. The summed E-state index contributed by atoms with van der Waals surface area (Å²) in [6, 6.07) is 0. The lowest BCUT2D eigenvalue weighted by Crippen LogP contribution is -2.66. The van der Waals surface area contributed by atoms with Crippen molar-refractivity contribution in [2.75, 3.05) is 32.8 Å². The molecule has 1 N–H and O–H groups in total. The molecule has 0 aromatic heterocycles. The second kappa shape index (κ2) is 2.58. The van der Waals surface area contributed by atoms with Crippen molar-refractivity contribution in [3.63, 3.8) is 0 Å². The van der Waals surface area contributed by atoms with E-state index >= 15 is 0 Å². The fourth-order valence-electron chi connectivity index (χ4n) is 1.49. The first-order valence-corrected chi connectivity index (χ1v) is 4.53. The van der Waals surface area contributed by atoms with Crippen molar-refractivity contribution in [1.29, 1.82) is 0 Å². The van der Waals surface area contributed by atoms with Crippen LogP contribution >= 0.6 is 22.9 Å². The summed E-state index contributed by atoms with van der Waals surface area (Å²) in [6.07, 6.45) is 0. The number of halogens is 1. The molecule has 58 valence electrons. The third kappa shape index (κ3) is 1.17. The molecule has 2 aliphatic heterocycles. The predicted octanol–water partition coefficient (Wildman–Crippen LogP) is 0.0106. The van der Waals surface area contributed by atoms with Crippen LogP contribution in [0.25, 0.3) is 0 Å². The van der Waals surface area contributed by atoms with Crippen molar-refractivity contribution in [2.24, 2.45) is 0 Å². The normalized spacial score (nSPS) is 32.1. The van der Waals surface area contributed by atoms with E-state index < -0.39 is 0 Å². The first-order valence-electron chi connectivity index (χ1n) is 3.56. The first-order chi connectivity index (χ1) is 4.81. The number of nitrogens with one attached hydrogen (secondary N) is 1. The molecule has 2 rings (SSSR count). The highest BCUT2D eigenvalue weighted by Crippen LogP contribution is 2.28. The molecular weight excluding hydrogens is 243 g/mol. The number of rotatable bonds is 0. The van der Waals surface area contributed by atoms with Crippen molar-refractivity contribution >= 4 is 22.9 Å². The fraction of sp³-hybridized carbons (Fsp3) is 1.00. The van der Waals surface area contributed by atoms with E-state index in [4.69, 9.17) is 4.74 Å². The quantitative estimate of drug-likeness (QED) is 0.487. The highest BCUT2D eigenvalue weighted by molar-refractivity contribution is 14.1. The third-order valence-electron chi connectivity index (χ3n) is 2.05. The van der Waals surface area contributed by atoms with Gasteiger partial charge < -0.3 is 10.1 Å². The molecule has 2 heterocycles. The number of morpholine rings is 1. The number of hydrogen-bond donors (Lipinski definition) is 1. The van der Waals surface area contributed by atoms with Gasteiger partial charge in [-0.15, -0.1) is 0 Å². The summed E-state index contributed by atoms with van der Waals surface area (Å²) in [6.45, 7) is 5.10. The summed E-state index contributed by atoms with van der Waals surface area (Å²) in [7, 11) is 0. The minimum atomic E-state index is 0.180. The van der Waals surface area contributed by atoms with Crippen LogP contribution in [0.1, 0.15) is 0 Å². The molecular formula is C6H11IN2O. The van der Waals surface area contributed by atoms with E-state index in [1.165, 1.54) is 0 Å². The van der Waals surface area contributed by atoms with Gasteiger partial charge in [-0.1, -0.05) is 0 Å². The van der Waals surface area contributed by atoms with Gasteiger partial charge >= 0.3 is 0 Å². The zero-order valence-corrected chi connectivity index (χ0v) is 7.93. The summed E-state index contributed by atoms with van der Waals surface area (Å²) in [5.74, 6) is 0. The first kappa shape index (κ1) is 7.27. The van der Waals surface area contributed by atoms with Crippen molar-refractivity contribution in [1.82, 2.24) is 8.43 Å². The van der Waals surface area contributed by atoms with Crippen LogP contribution < -0.4 is 5.32 Å². The fourth-order valence-corrected chi connectivity index (χ4v) is 2.73. The summed E-state index contributed by atoms with van der Waals surface area (Å²) in [5.41, 5.74) is 0.180. The molecule has 0 unspecified atom stereocenters. The third-order valence-corrected chi connectivity index (χ3v) is 2.74. The molecule has 0 radical (unpaired) electrons. The highest BCUT2D eigenvalue weighted by Gasteiger charge is 2.44. The summed E-state index contributed by atoms with van der Waals surface area (Å²) in [4.78, 5) is 0. The molecule has 0 atom stereocenters. The Morgan fingerprint density at radius 3 is 2.80 bits per heavy atom. The minimum absolute atomic E-state index is 0.180. The topological polar surface area (TPSA) is 24.5 Å². The van der Waals surface area contributed by atoms with Crippen LogP contribution in [0.2, 0.25) is 0 Å². The van der Waals surface area contributed by atoms with E-state index in [2.05, 4.69) is 31.3 Å². The van der Waals surface area contributed by atoms with Gasteiger partial charge in [-0.05, 0) is 0 Å². The molecule has 10 heavy (non-hydrogen) atoms. The van der Waals surface area contributed by atoms with Gasteiger partial charge in [0.2, 0.25) is 0 Å². The number of ether oxygens (including phenoxy) is 1. The second-order valence-electron chi connectivity index (χ2n) is 2.99. The maximum absolute atomic E-state index is 5.66. The Morgan fingerprint density at radius 1 is 1.50 bits per heavy atom. The average Bonchev–Trinajstić information content (AvgIpc) is 1.87. The monoisotopic (exact) mass is 254 g/mol. The van der Waals surface area contributed by atoms with E-state index in [1.54, 1.807) is 0 Å². The largest absolute Gasteiger partial charge is 0.370 e. The Hall–Kier alpha value is 0.610. The van der Waals surface area contributed by atoms with Gasteiger partial charge in [0.1, 0.15) is 5.60 Å². The molecule has 3 nitrogen and oxygen atoms in total. The van der Waals surface area contributed by atoms with Gasteiger partial charge in [-0.25, -0.2) is 3.11 Å². The molecule has 0 aromatic rings. The molecule has 0 amide bonds. The lowest BCUT2D eigenvalue weighted by atomic mass is 9.96. The van der Waals surface area contributed by atoms with Gasteiger partial charge in [-0.3, -0.25) is 0 Å². The molecule has 1 spiro atoms. The van der Waals surface area contributed by atoms with Crippen LogP contribution in [-0.4, -0.2) is 41.5 Å². The summed E-state index contributed by atoms with van der Waals surface area (Å²) < 4.78 is 7.92. The zero-order chi connectivity index (χ0) is 7.03. The van der Waals surface area contributed by atoms with E-state index in [0.717, 1.165) is 32.8 Å². The number of nitrogens with zero attached hydrogens (tertiary/aromatic N) is 1. The number of hydrogen-bond acceptors (Lipinski definition) is 3. The Kier molecular flexibility index (Phi) is 1.88. The maximum atomic E-state index is 5.66. The highest BCUT2D eigenvalue weighted by atomic mass is 127. The molecule has 0 aromatic carbocycles. The Labute approximate surface area is 74.6 Å². The lowest BCUT2D eigenvalue weighted by molar-refractivity contribution is -0.122. The molecule has 0 aliphatic carbocycles. The smallest absolute Gasteiger partial charge is 0.107 e. The van der Waals surface area contributed by atoms with Crippen molar-refractivity contribution < 1.29 is 4.74 Å². The van der Waals surface area contributed by atoms with Crippen LogP contribution in [-0.2, 0) is 4.74 Å². The van der Waals surface area contributed by atoms with E-state index in [1.807, 2.05) is 0 Å². The molecule has 0 bridgehead atoms. The standard InChI is InChI=1S/C6H11IN2O/c7-9-4-6(5-9)3-8-1-2-10-6/h8H,1-5H2. The van der Waals surface area contributed by atoms with Gasteiger partial charge in [0, 0.05) is 49.0 Å². The predicted molar refractivity (Wildman–Crippen MR) is 47.1 cm³/mol. The van der Waals surface area contributed by atoms with Crippen LogP contribution in [0.15, 0.2) is 0 Å². The minimum Gasteiger partial charge on any atom is -0.370 e. The van der Waals surface area contributed by atoms with Crippen LogP contribution in [0.3, 0.4) is 0 Å². The van der Waals surface area contributed by atoms with Crippen LogP contribution in [0, 0.1) is 0 Å². The molecule has 2 aliphatic rings. The molecule has 4 heteroatoms. The Morgan fingerprint density at radius 2 is 2.30 bits per heavy atom. The van der Waals surface area contributed by atoms with Gasteiger partial charge in [-0.2, -0.15) is 0 Å². The van der Waals surface area contributed by atoms with Gasteiger partial charge in [0.05, 0.1) is 6.61 Å². The molecule has 0 saturated carbocycles.